The van der Waals surface area contributed by atoms with Crippen molar-refractivity contribution in [2.75, 3.05) is 19.0 Å². The number of ether oxygens (including phenoxy) is 2. The average molecular weight is 417 g/mol. The van der Waals surface area contributed by atoms with Gasteiger partial charge in [0.15, 0.2) is 0 Å². The molecule has 1 heterocycles. The molecule has 0 saturated carbocycles. The largest absolute Gasteiger partial charge is 0.497 e. The zero-order valence-electron chi connectivity index (χ0n) is 11.7. The van der Waals surface area contributed by atoms with E-state index in [1.54, 1.807) is 7.11 Å². The van der Waals surface area contributed by atoms with Crippen molar-refractivity contribution in [3.05, 3.63) is 33.5 Å². The van der Waals surface area contributed by atoms with Gasteiger partial charge in [-0.05, 0) is 56.5 Å². The van der Waals surface area contributed by atoms with E-state index in [9.17, 15) is 0 Å². The van der Waals surface area contributed by atoms with Gasteiger partial charge in [0.1, 0.15) is 28.1 Å². The Morgan fingerprint density at radius 1 is 1.24 bits per heavy atom. The third kappa shape index (κ3) is 4.07. The molecule has 0 spiro atoms. The number of hydrogen-bond acceptors (Lipinski definition) is 5. The SMILES string of the molecule is CCCNc1ncnc(Oc2ccc(OC)cc2Br)c1Br. The van der Waals surface area contributed by atoms with Crippen molar-refractivity contribution in [3.63, 3.8) is 0 Å². The lowest BCUT2D eigenvalue weighted by molar-refractivity contribution is 0.411. The third-order valence-electron chi connectivity index (χ3n) is 2.65. The molecule has 0 unspecified atom stereocenters. The standard InChI is InChI=1S/C14H15Br2N3O2/c1-3-6-17-13-12(16)14(19-8-18-13)21-11-5-4-9(20-2)7-10(11)15/h4-5,7-8H,3,6H2,1-2H3,(H,17,18,19). The van der Waals surface area contributed by atoms with Crippen LogP contribution in [0, 0.1) is 0 Å². The van der Waals surface area contributed by atoms with Crippen molar-refractivity contribution in [2.24, 2.45) is 0 Å². The van der Waals surface area contributed by atoms with Crippen LogP contribution in [0.4, 0.5) is 5.82 Å². The van der Waals surface area contributed by atoms with Crippen molar-refractivity contribution < 1.29 is 9.47 Å². The molecular weight excluding hydrogens is 402 g/mol. The molecule has 1 aromatic carbocycles. The number of halogens is 2. The van der Waals surface area contributed by atoms with Crippen LogP contribution >= 0.6 is 31.9 Å². The normalized spacial score (nSPS) is 10.3. The first-order valence-electron chi connectivity index (χ1n) is 6.41. The Kier molecular flexibility index (Phi) is 5.81. The summed E-state index contributed by atoms with van der Waals surface area (Å²) in [7, 11) is 1.62. The first kappa shape index (κ1) is 16.0. The average Bonchev–Trinajstić information content (AvgIpc) is 2.50. The second-order valence-corrected chi connectivity index (χ2v) is 5.81. The molecule has 0 aliphatic carbocycles. The maximum Gasteiger partial charge on any atom is 0.238 e. The third-order valence-corrected chi connectivity index (χ3v) is 3.98. The number of nitrogens with one attached hydrogen (secondary N) is 1. The van der Waals surface area contributed by atoms with Gasteiger partial charge >= 0.3 is 0 Å². The number of aromatic nitrogens is 2. The van der Waals surface area contributed by atoms with Crippen LogP contribution in [-0.4, -0.2) is 23.6 Å². The molecule has 0 bridgehead atoms. The van der Waals surface area contributed by atoms with E-state index in [-0.39, 0.29) is 0 Å². The highest BCUT2D eigenvalue weighted by atomic mass is 79.9. The number of rotatable bonds is 6. The molecule has 0 aliphatic rings. The zero-order chi connectivity index (χ0) is 15.2. The Labute approximate surface area is 140 Å². The molecule has 1 N–H and O–H groups in total. The molecule has 0 radical (unpaired) electrons. The number of nitrogens with zero attached hydrogens (tertiary/aromatic N) is 2. The van der Waals surface area contributed by atoms with E-state index in [0.717, 1.165) is 23.2 Å². The number of methoxy groups -OCH3 is 1. The minimum Gasteiger partial charge on any atom is -0.497 e. The Balaban J connectivity index is 2.23. The van der Waals surface area contributed by atoms with E-state index in [0.29, 0.717) is 21.9 Å². The topological polar surface area (TPSA) is 56.3 Å². The first-order valence-corrected chi connectivity index (χ1v) is 8.00. The Hall–Kier alpha value is -1.34. The smallest absolute Gasteiger partial charge is 0.238 e. The lowest BCUT2D eigenvalue weighted by Gasteiger charge is -2.12. The molecule has 0 fully saturated rings. The summed E-state index contributed by atoms with van der Waals surface area (Å²) in [6, 6.07) is 5.47. The number of anilines is 1. The minimum absolute atomic E-state index is 0.453. The highest BCUT2D eigenvalue weighted by Gasteiger charge is 2.12. The Morgan fingerprint density at radius 3 is 2.71 bits per heavy atom. The molecule has 5 nitrogen and oxygen atoms in total. The van der Waals surface area contributed by atoms with Gasteiger partial charge in [0.05, 0.1) is 11.6 Å². The van der Waals surface area contributed by atoms with E-state index < -0.39 is 0 Å². The maximum atomic E-state index is 5.82. The van der Waals surface area contributed by atoms with E-state index in [1.807, 2.05) is 18.2 Å². The van der Waals surface area contributed by atoms with Gasteiger partial charge in [-0.15, -0.1) is 0 Å². The summed E-state index contributed by atoms with van der Waals surface area (Å²) in [5.41, 5.74) is 0. The van der Waals surface area contributed by atoms with Gasteiger partial charge in [-0.3, -0.25) is 0 Å². The lowest BCUT2D eigenvalue weighted by atomic mass is 10.3. The monoisotopic (exact) mass is 415 g/mol. The minimum atomic E-state index is 0.453. The molecule has 112 valence electrons. The summed E-state index contributed by atoms with van der Waals surface area (Å²) in [6.07, 6.45) is 2.48. The summed E-state index contributed by atoms with van der Waals surface area (Å²) in [6.45, 7) is 2.93. The van der Waals surface area contributed by atoms with E-state index in [2.05, 4.69) is 54.1 Å². The van der Waals surface area contributed by atoms with E-state index in [4.69, 9.17) is 9.47 Å². The van der Waals surface area contributed by atoms with Gasteiger partial charge in [0.2, 0.25) is 5.88 Å². The molecular formula is C14H15Br2N3O2. The molecule has 21 heavy (non-hydrogen) atoms. The van der Waals surface area contributed by atoms with Crippen LogP contribution < -0.4 is 14.8 Å². The fourth-order valence-electron chi connectivity index (χ4n) is 1.59. The van der Waals surface area contributed by atoms with Crippen LogP contribution in [0.3, 0.4) is 0 Å². The Morgan fingerprint density at radius 2 is 2.05 bits per heavy atom. The number of hydrogen-bond donors (Lipinski definition) is 1. The summed E-state index contributed by atoms with van der Waals surface area (Å²) in [5.74, 6) is 2.57. The zero-order valence-corrected chi connectivity index (χ0v) is 14.9. The van der Waals surface area contributed by atoms with Crippen molar-refractivity contribution in [2.45, 2.75) is 13.3 Å². The molecule has 0 aliphatic heterocycles. The summed E-state index contributed by atoms with van der Waals surface area (Å²) >= 11 is 6.92. The fourth-order valence-corrected chi connectivity index (χ4v) is 2.45. The van der Waals surface area contributed by atoms with Gasteiger partial charge < -0.3 is 14.8 Å². The van der Waals surface area contributed by atoms with Crippen LogP contribution in [0.2, 0.25) is 0 Å². The maximum absolute atomic E-state index is 5.82. The second-order valence-electron chi connectivity index (χ2n) is 4.17. The summed E-state index contributed by atoms with van der Waals surface area (Å²) in [5, 5.41) is 3.21. The van der Waals surface area contributed by atoms with Gasteiger partial charge in [-0.1, -0.05) is 6.92 Å². The van der Waals surface area contributed by atoms with Crippen molar-refractivity contribution >= 4 is 37.7 Å². The molecule has 2 aromatic rings. The van der Waals surface area contributed by atoms with E-state index in [1.165, 1.54) is 6.33 Å². The highest BCUT2D eigenvalue weighted by molar-refractivity contribution is 9.11. The molecule has 1 aromatic heterocycles. The molecule has 0 amide bonds. The summed E-state index contributed by atoms with van der Waals surface area (Å²) in [4.78, 5) is 8.34. The van der Waals surface area contributed by atoms with Gasteiger partial charge in [-0.25, -0.2) is 9.97 Å². The second kappa shape index (κ2) is 7.61. The fraction of sp³-hybridized carbons (Fsp3) is 0.286. The van der Waals surface area contributed by atoms with Crippen molar-refractivity contribution in [3.8, 4) is 17.4 Å². The van der Waals surface area contributed by atoms with Crippen LogP contribution in [-0.2, 0) is 0 Å². The molecule has 7 heteroatoms. The molecule has 0 saturated heterocycles. The predicted molar refractivity (Wildman–Crippen MR) is 89.3 cm³/mol. The molecule has 0 atom stereocenters. The van der Waals surface area contributed by atoms with Gasteiger partial charge in [0.25, 0.3) is 0 Å². The predicted octanol–water partition coefficient (Wildman–Crippen LogP) is 4.62. The quantitative estimate of drug-likeness (QED) is 0.744. The van der Waals surface area contributed by atoms with Gasteiger partial charge in [0, 0.05) is 6.54 Å². The first-order chi connectivity index (χ1) is 10.2. The lowest BCUT2D eigenvalue weighted by Crippen LogP contribution is -2.04. The van der Waals surface area contributed by atoms with Crippen LogP contribution in [0.15, 0.2) is 33.5 Å². The van der Waals surface area contributed by atoms with Crippen molar-refractivity contribution in [1.82, 2.24) is 9.97 Å². The summed E-state index contributed by atoms with van der Waals surface area (Å²) < 4.78 is 12.5. The Bertz CT molecular complexity index is 623. The van der Waals surface area contributed by atoms with Gasteiger partial charge in [-0.2, -0.15) is 0 Å². The van der Waals surface area contributed by atoms with Crippen LogP contribution in [0.5, 0.6) is 17.4 Å². The number of benzene rings is 1. The van der Waals surface area contributed by atoms with E-state index >= 15 is 0 Å². The molecule has 2 rings (SSSR count). The van der Waals surface area contributed by atoms with Crippen LogP contribution in [0.1, 0.15) is 13.3 Å². The highest BCUT2D eigenvalue weighted by Crippen LogP contribution is 2.36. The van der Waals surface area contributed by atoms with Crippen LogP contribution in [0.25, 0.3) is 0 Å². The van der Waals surface area contributed by atoms with Crippen molar-refractivity contribution in [1.29, 1.82) is 0 Å².